The maximum Gasteiger partial charge on any atom is 0.0480 e. The van der Waals surface area contributed by atoms with Crippen molar-refractivity contribution in [2.45, 2.75) is 59.4 Å². The van der Waals surface area contributed by atoms with Crippen molar-refractivity contribution in [1.82, 2.24) is 5.32 Å². The van der Waals surface area contributed by atoms with Crippen molar-refractivity contribution < 1.29 is 4.74 Å². The van der Waals surface area contributed by atoms with E-state index in [1.165, 1.54) is 25.7 Å². The first kappa shape index (κ1) is 15.0. The van der Waals surface area contributed by atoms with Crippen LogP contribution in [0.4, 0.5) is 0 Å². The molecule has 1 saturated carbocycles. The summed E-state index contributed by atoms with van der Waals surface area (Å²) in [5, 5.41) is 3.67. The molecule has 4 atom stereocenters. The molecule has 2 heteroatoms. The second-order valence-electron chi connectivity index (χ2n) is 5.68. The number of hydrogen-bond donors (Lipinski definition) is 1. The highest BCUT2D eigenvalue weighted by molar-refractivity contribution is 4.83. The minimum absolute atomic E-state index is 0.668. The van der Waals surface area contributed by atoms with Crippen LogP contribution in [0.2, 0.25) is 0 Å². The van der Waals surface area contributed by atoms with Crippen molar-refractivity contribution >= 4 is 0 Å². The van der Waals surface area contributed by atoms with Gasteiger partial charge >= 0.3 is 0 Å². The molecule has 0 heterocycles. The fraction of sp³-hybridized carbons (Fsp3) is 1.00. The summed E-state index contributed by atoms with van der Waals surface area (Å²) in [6, 6.07) is 0.668. The van der Waals surface area contributed by atoms with Gasteiger partial charge in [0.15, 0.2) is 0 Å². The molecule has 0 amide bonds. The predicted molar refractivity (Wildman–Crippen MR) is 74.2 cm³/mol. The first-order chi connectivity index (χ1) is 8.19. The van der Waals surface area contributed by atoms with Crippen LogP contribution in [0, 0.1) is 17.8 Å². The second-order valence-corrected chi connectivity index (χ2v) is 5.68. The van der Waals surface area contributed by atoms with Crippen LogP contribution in [0.1, 0.15) is 53.4 Å². The van der Waals surface area contributed by atoms with Crippen molar-refractivity contribution in [1.29, 1.82) is 0 Å². The zero-order valence-corrected chi connectivity index (χ0v) is 12.2. The molecule has 1 aliphatic rings. The Hall–Kier alpha value is -0.0800. The molecule has 102 valence electrons. The van der Waals surface area contributed by atoms with Crippen LogP contribution in [-0.4, -0.2) is 25.8 Å². The molecule has 1 N–H and O–H groups in total. The van der Waals surface area contributed by atoms with Gasteiger partial charge in [-0.1, -0.05) is 27.2 Å². The molecule has 0 aromatic rings. The number of ether oxygens (including phenoxy) is 1. The molecule has 1 aliphatic carbocycles. The van der Waals surface area contributed by atoms with Crippen LogP contribution in [0.3, 0.4) is 0 Å². The van der Waals surface area contributed by atoms with Crippen molar-refractivity contribution in [3.05, 3.63) is 0 Å². The molecule has 0 saturated heterocycles. The molecule has 0 bridgehead atoms. The third-order valence-corrected chi connectivity index (χ3v) is 4.45. The van der Waals surface area contributed by atoms with Gasteiger partial charge in [0.2, 0.25) is 0 Å². The lowest BCUT2D eigenvalue weighted by atomic mass is 9.72. The predicted octanol–water partition coefficient (Wildman–Crippen LogP) is 3.46. The van der Waals surface area contributed by atoms with E-state index in [0.717, 1.165) is 37.5 Å². The largest absolute Gasteiger partial charge is 0.382 e. The smallest absolute Gasteiger partial charge is 0.0480 e. The van der Waals surface area contributed by atoms with Crippen LogP contribution in [-0.2, 0) is 4.74 Å². The van der Waals surface area contributed by atoms with E-state index in [4.69, 9.17) is 4.74 Å². The lowest BCUT2D eigenvalue weighted by molar-refractivity contribution is 0.110. The molecule has 0 aromatic heterocycles. The van der Waals surface area contributed by atoms with Gasteiger partial charge in [-0.3, -0.25) is 0 Å². The Balaban J connectivity index is 2.40. The number of nitrogens with one attached hydrogen (secondary N) is 1. The Morgan fingerprint density at radius 2 is 1.94 bits per heavy atom. The van der Waals surface area contributed by atoms with E-state index in [0.29, 0.717) is 6.04 Å². The van der Waals surface area contributed by atoms with Gasteiger partial charge in [0.25, 0.3) is 0 Å². The Bertz CT molecular complexity index is 195. The van der Waals surface area contributed by atoms with Crippen molar-refractivity contribution in [2.75, 3.05) is 19.8 Å². The normalized spacial score (nSPS) is 31.4. The Morgan fingerprint density at radius 3 is 2.53 bits per heavy atom. The second kappa shape index (κ2) is 8.10. The zero-order chi connectivity index (χ0) is 12.7. The first-order valence-electron chi connectivity index (χ1n) is 7.50. The number of rotatable bonds is 7. The fourth-order valence-corrected chi connectivity index (χ4v) is 3.08. The highest BCUT2D eigenvalue weighted by Crippen LogP contribution is 2.35. The molecule has 0 aliphatic heterocycles. The average Bonchev–Trinajstić information content (AvgIpc) is 2.32. The van der Waals surface area contributed by atoms with Gasteiger partial charge in [-0.2, -0.15) is 0 Å². The minimum Gasteiger partial charge on any atom is -0.382 e. The third kappa shape index (κ3) is 4.97. The molecule has 0 aromatic carbocycles. The molecule has 0 spiro atoms. The lowest BCUT2D eigenvalue weighted by Gasteiger charge is -2.37. The van der Waals surface area contributed by atoms with E-state index in [2.05, 4.69) is 33.0 Å². The highest BCUT2D eigenvalue weighted by atomic mass is 16.5. The van der Waals surface area contributed by atoms with Crippen LogP contribution in [0.15, 0.2) is 0 Å². The van der Waals surface area contributed by atoms with Crippen molar-refractivity contribution in [3.63, 3.8) is 0 Å². The van der Waals surface area contributed by atoms with Crippen LogP contribution < -0.4 is 5.32 Å². The molecule has 2 nitrogen and oxygen atoms in total. The molecule has 0 radical (unpaired) electrons. The van der Waals surface area contributed by atoms with E-state index in [1.54, 1.807) is 0 Å². The maximum absolute atomic E-state index is 5.51. The summed E-state index contributed by atoms with van der Waals surface area (Å²) in [7, 11) is 0. The quantitative estimate of drug-likeness (QED) is 0.689. The van der Waals surface area contributed by atoms with E-state index < -0.39 is 0 Å². The van der Waals surface area contributed by atoms with Crippen LogP contribution >= 0.6 is 0 Å². The summed E-state index contributed by atoms with van der Waals surface area (Å²) < 4.78 is 5.51. The zero-order valence-electron chi connectivity index (χ0n) is 12.2. The van der Waals surface area contributed by atoms with E-state index in [-0.39, 0.29) is 0 Å². The molecular weight excluding hydrogens is 210 g/mol. The maximum atomic E-state index is 5.51. The molecule has 1 fully saturated rings. The summed E-state index contributed by atoms with van der Waals surface area (Å²) in [6.07, 6.45) is 5.37. The SMILES string of the molecule is CCNC(CCOCC)C1CCC(C)C(C)C1. The van der Waals surface area contributed by atoms with Crippen molar-refractivity contribution in [3.8, 4) is 0 Å². The van der Waals surface area contributed by atoms with E-state index >= 15 is 0 Å². The van der Waals surface area contributed by atoms with Gasteiger partial charge in [0.05, 0.1) is 0 Å². The molecular formula is C15H31NO. The third-order valence-electron chi connectivity index (χ3n) is 4.45. The molecule has 17 heavy (non-hydrogen) atoms. The standard InChI is InChI=1S/C15H31NO/c1-5-16-15(9-10-17-6-2)14-8-7-12(3)13(4)11-14/h12-16H,5-11H2,1-4H3. The van der Waals surface area contributed by atoms with E-state index in [1.807, 2.05) is 0 Å². The summed E-state index contributed by atoms with van der Waals surface area (Å²) in [5.74, 6) is 2.67. The Labute approximate surface area is 108 Å². The fourth-order valence-electron chi connectivity index (χ4n) is 3.08. The summed E-state index contributed by atoms with van der Waals surface area (Å²) in [5.41, 5.74) is 0. The summed E-state index contributed by atoms with van der Waals surface area (Å²) in [4.78, 5) is 0. The van der Waals surface area contributed by atoms with E-state index in [9.17, 15) is 0 Å². The van der Waals surface area contributed by atoms with Crippen LogP contribution in [0.25, 0.3) is 0 Å². The monoisotopic (exact) mass is 241 g/mol. The minimum atomic E-state index is 0.668. The van der Waals surface area contributed by atoms with Gasteiger partial charge in [0.1, 0.15) is 0 Å². The first-order valence-corrected chi connectivity index (χ1v) is 7.50. The van der Waals surface area contributed by atoms with Gasteiger partial charge in [-0.15, -0.1) is 0 Å². The average molecular weight is 241 g/mol. The van der Waals surface area contributed by atoms with Crippen LogP contribution in [0.5, 0.6) is 0 Å². The summed E-state index contributed by atoms with van der Waals surface area (Å²) >= 11 is 0. The van der Waals surface area contributed by atoms with Gasteiger partial charge in [-0.25, -0.2) is 0 Å². The van der Waals surface area contributed by atoms with Gasteiger partial charge in [-0.05, 0) is 50.5 Å². The molecule has 1 rings (SSSR count). The Morgan fingerprint density at radius 1 is 1.18 bits per heavy atom. The van der Waals surface area contributed by atoms with Crippen molar-refractivity contribution in [2.24, 2.45) is 17.8 Å². The van der Waals surface area contributed by atoms with Gasteiger partial charge in [0, 0.05) is 19.3 Å². The molecule has 4 unspecified atom stereocenters. The number of hydrogen-bond acceptors (Lipinski definition) is 2. The lowest BCUT2D eigenvalue weighted by Crippen LogP contribution is -2.40. The summed E-state index contributed by atoms with van der Waals surface area (Å²) in [6.45, 7) is 11.9. The Kier molecular flexibility index (Phi) is 7.14. The van der Waals surface area contributed by atoms with Gasteiger partial charge < -0.3 is 10.1 Å². The topological polar surface area (TPSA) is 21.3 Å². The highest BCUT2D eigenvalue weighted by Gasteiger charge is 2.29.